The highest BCUT2D eigenvalue weighted by atomic mass is 19.1. The summed E-state index contributed by atoms with van der Waals surface area (Å²) in [5.74, 6) is -3.97. The minimum atomic E-state index is -1.18. The second-order valence-electron chi connectivity index (χ2n) is 10.1. The number of amides is 1. The van der Waals surface area contributed by atoms with Crippen molar-refractivity contribution in [1.29, 1.82) is 0 Å². The molecule has 12 heteroatoms. The van der Waals surface area contributed by atoms with Crippen LogP contribution in [0.25, 0.3) is 11.3 Å². The van der Waals surface area contributed by atoms with Crippen molar-refractivity contribution in [3.8, 4) is 11.3 Å². The molecule has 0 aliphatic heterocycles. The van der Waals surface area contributed by atoms with Gasteiger partial charge in [0.05, 0.1) is 23.3 Å². The van der Waals surface area contributed by atoms with Gasteiger partial charge in [-0.05, 0) is 31.4 Å². The number of carbonyl (C=O) groups excluding carboxylic acids is 2. The van der Waals surface area contributed by atoms with Crippen LogP contribution in [0.5, 0.6) is 0 Å². The molecule has 0 radical (unpaired) electrons. The lowest BCUT2D eigenvalue weighted by atomic mass is 9.84. The summed E-state index contributed by atoms with van der Waals surface area (Å²) in [6.07, 6.45) is 1.40. The molecule has 0 saturated heterocycles. The molecule has 0 aliphatic rings. The van der Waals surface area contributed by atoms with Crippen molar-refractivity contribution in [3.63, 3.8) is 0 Å². The Bertz CT molecular complexity index is 1610. The molecule has 2 aromatic heterocycles. The van der Waals surface area contributed by atoms with E-state index < -0.39 is 52.8 Å². The van der Waals surface area contributed by atoms with Gasteiger partial charge in [0, 0.05) is 11.6 Å². The first kappa shape index (κ1) is 28.3. The van der Waals surface area contributed by atoms with Gasteiger partial charge in [0.25, 0.3) is 11.4 Å². The Labute approximate surface area is 228 Å². The van der Waals surface area contributed by atoms with Gasteiger partial charge in [0.2, 0.25) is 17.6 Å². The van der Waals surface area contributed by atoms with Crippen LogP contribution in [-0.4, -0.2) is 37.5 Å². The standard InChI is InChI=1S/C28H28F2N6O4/c1-15(2)22(23(38)25-34-35-27(40-25)28(3,4)18-11-10-17(29)12-19(18)30)33-21(37)14-36-20(13-32-24(31)26(36)39)16-8-6-5-7-9-16/h5-13,15,22H,14H2,1-4H3,(H2,31,32)(H,33,37). The monoisotopic (exact) mass is 550 g/mol. The number of nitrogen functional groups attached to an aromatic ring is 1. The predicted molar refractivity (Wildman–Crippen MR) is 142 cm³/mol. The summed E-state index contributed by atoms with van der Waals surface area (Å²) < 4.78 is 34.7. The molecule has 40 heavy (non-hydrogen) atoms. The number of rotatable bonds is 9. The average molecular weight is 551 g/mol. The average Bonchev–Trinajstić information content (AvgIpc) is 3.41. The molecular formula is C28H28F2N6O4. The molecule has 0 spiro atoms. The topological polar surface area (TPSA) is 146 Å². The van der Waals surface area contributed by atoms with Gasteiger partial charge in [0.1, 0.15) is 18.2 Å². The van der Waals surface area contributed by atoms with Crippen LogP contribution < -0.4 is 16.6 Å². The Morgan fingerprint density at radius 3 is 2.45 bits per heavy atom. The van der Waals surface area contributed by atoms with Gasteiger partial charge in [-0.15, -0.1) is 10.2 Å². The summed E-state index contributed by atoms with van der Waals surface area (Å²) in [4.78, 5) is 43.1. The van der Waals surface area contributed by atoms with Crippen molar-refractivity contribution in [2.75, 3.05) is 5.73 Å². The Kier molecular flexibility index (Phi) is 7.89. The predicted octanol–water partition coefficient (Wildman–Crippen LogP) is 3.50. The minimum absolute atomic E-state index is 0.0680. The van der Waals surface area contributed by atoms with E-state index in [0.29, 0.717) is 11.3 Å². The van der Waals surface area contributed by atoms with Crippen molar-refractivity contribution in [1.82, 2.24) is 25.1 Å². The van der Waals surface area contributed by atoms with Crippen LogP contribution in [0.4, 0.5) is 14.6 Å². The van der Waals surface area contributed by atoms with E-state index >= 15 is 0 Å². The number of aromatic nitrogens is 4. The molecule has 1 unspecified atom stereocenters. The summed E-state index contributed by atoms with van der Waals surface area (Å²) in [7, 11) is 0. The second-order valence-corrected chi connectivity index (χ2v) is 10.1. The molecule has 4 rings (SSSR count). The van der Waals surface area contributed by atoms with E-state index in [2.05, 4.69) is 20.5 Å². The highest BCUT2D eigenvalue weighted by molar-refractivity contribution is 5.98. The maximum Gasteiger partial charge on any atom is 0.294 e. The number of ketones is 1. The molecule has 3 N–H and O–H groups in total. The first-order valence-electron chi connectivity index (χ1n) is 12.4. The number of benzene rings is 2. The smallest absolute Gasteiger partial charge is 0.294 e. The van der Waals surface area contributed by atoms with Crippen LogP contribution >= 0.6 is 0 Å². The number of Topliss-reactive ketones (excluding diaryl/α,β-unsaturated/α-hetero) is 1. The Balaban J connectivity index is 1.57. The molecule has 1 amide bonds. The number of nitrogens with one attached hydrogen (secondary N) is 1. The molecule has 1 atom stereocenters. The van der Waals surface area contributed by atoms with E-state index in [9.17, 15) is 23.2 Å². The number of hydrogen-bond donors (Lipinski definition) is 2. The zero-order chi connectivity index (χ0) is 29.2. The molecule has 10 nitrogen and oxygen atoms in total. The molecule has 2 heterocycles. The van der Waals surface area contributed by atoms with Crippen LogP contribution in [0.3, 0.4) is 0 Å². The lowest BCUT2D eigenvalue weighted by molar-refractivity contribution is -0.122. The van der Waals surface area contributed by atoms with Gasteiger partial charge >= 0.3 is 0 Å². The van der Waals surface area contributed by atoms with Gasteiger partial charge < -0.3 is 15.5 Å². The molecule has 208 valence electrons. The fraction of sp³-hybridized carbons (Fsp3) is 0.286. The first-order valence-corrected chi connectivity index (χ1v) is 12.4. The van der Waals surface area contributed by atoms with E-state index in [1.165, 1.54) is 16.8 Å². The fourth-order valence-electron chi connectivity index (χ4n) is 4.22. The lowest BCUT2D eigenvalue weighted by Crippen LogP contribution is -2.46. The van der Waals surface area contributed by atoms with Gasteiger partial charge in [-0.3, -0.25) is 19.0 Å². The van der Waals surface area contributed by atoms with Crippen LogP contribution in [0.1, 0.15) is 49.8 Å². The van der Waals surface area contributed by atoms with E-state index in [-0.39, 0.29) is 23.2 Å². The maximum atomic E-state index is 14.5. The Morgan fingerprint density at radius 1 is 1.10 bits per heavy atom. The first-order chi connectivity index (χ1) is 18.9. The number of nitrogens with zero attached hydrogens (tertiary/aromatic N) is 4. The van der Waals surface area contributed by atoms with Crippen molar-refractivity contribution in [2.24, 2.45) is 5.92 Å². The number of anilines is 1. The van der Waals surface area contributed by atoms with Crippen LogP contribution in [0, 0.1) is 17.6 Å². The van der Waals surface area contributed by atoms with E-state index in [1.54, 1.807) is 52.0 Å². The SMILES string of the molecule is CC(C)C(NC(=O)Cn1c(-c2ccccc2)cnc(N)c1=O)C(=O)c1nnc(C(C)(C)c2ccc(F)cc2F)o1. The summed E-state index contributed by atoms with van der Waals surface area (Å²) in [6.45, 7) is 6.18. The van der Waals surface area contributed by atoms with Gasteiger partial charge in [-0.1, -0.05) is 50.2 Å². The quantitative estimate of drug-likeness (QED) is 0.301. The Morgan fingerprint density at radius 2 is 1.80 bits per heavy atom. The molecule has 0 bridgehead atoms. The Hall–Kier alpha value is -4.74. The molecule has 2 aromatic carbocycles. The van der Waals surface area contributed by atoms with Gasteiger partial charge in [-0.2, -0.15) is 0 Å². The van der Waals surface area contributed by atoms with Crippen LogP contribution in [-0.2, 0) is 16.8 Å². The summed E-state index contributed by atoms with van der Waals surface area (Å²) in [5, 5.41) is 10.4. The summed E-state index contributed by atoms with van der Waals surface area (Å²) in [6, 6.07) is 10.9. The second kappa shape index (κ2) is 11.2. The lowest BCUT2D eigenvalue weighted by Gasteiger charge is -2.22. The van der Waals surface area contributed by atoms with Crippen LogP contribution in [0.2, 0.25) is 0 Å². The molecule has 0 saturated carbocycles. The van der Waals surface area contributed by atoms with Gasteiger partial charge in [0.15, 0.2) is 5.82 Å². The number of carbonyl (C=O) groups is 2. The number of halogens is 2. The molecule has 4 aromatic rings. The molecular weight excluding hydrogens is 522 g/mol. The zero-order valence-electron chi connectivity index (χ0n) is 22.3. The molecule has 0 fully saturated rings. The normalized spacial score (nSPS) is 12.4. The highest BCUT2D eigenvalue weighted by Crippen LogP contribution is 2.32. The number of nitrogens with two attached hydrogens (primary N) is 1. The van der Waals surface area contributed by atoms with Crippen molar-refractivity contribution in [3.05, 3.63) is 94.1 Å². The number of hydrogen-bond acceptors (Lipinski definition) is 8. The van der Waals surface area contributed by atoms with Crippen molar-refractivity contribution >= 4 is 17.5 Å². The van der Waals surface area contributed by atoms with E-state index in [4.69, 9.17) is 10.2 Å². The van der Waals surface area contributed by atoms with Gasteiger partial charge in [-0.25, -0.2) is 13.8 Å². The van der Waals surface area contributed by atoms with Crippen molar-refractivity contribution < 1.29 is 22.8 Å². The fourth-order valence-corrected chi connectivity index (χ4v) is 4.22. The summed E-state index contributed by atoms with van der Waals surface area (Å²) >= 11 is 0. The van der Waals surface area contributed by atoms with Crippen molar-refractivity contribution in [2.45, 2.75) is 45.7 Å². The largest absolute Gasteiger partial charge is 0.417 e. The third kappa shape index (κ3) is 5.65. The van der Waals surface area contributed by atoms with Crippen LogP contribution in [0.15, 0.2) is 63.9 Å². The van der Waals surface area contributed by atoms with E-state index in [0.717, 1.165) is 12.1 Å². The minimum Gasteiger partial charge on any atom is -0.417 e. The highest BCUT2D eigenvalue weighted by Gasteiger charge is 2.35. The summed E-state index contributed by atoms with van der Waals surface area (Å²) in [5.41, 5.74) is 5.00. The maximum absolute atomic E-state index is 14.5. The molecule has 0 aliphatic carbocycles. The third-order valence-electron chi connectivity index (χ3n) is 6.49. The van der Waals surface area contributed by atoms with E-state index in [1.807, 2.05) is 6.07 Å². The third-order valence-corrected chi connectivity index (χ3v) is 6.49. The zero-order valence-corrected chi connectivity index (χ0v) is 22.3.